The van der Waals surface area contributed by atoms with Gasteiger partial charge in [-0.15, -0.1) is 0 Å². The number of nitrogens with zero attached hydrogens (tertiary/aromatic N) is 2. The lowest BCUT2D eigenvalue weighted by molar-refractivity contribution is 0.318. The molecule has 1 aromatic heterocycles. The molecule has 3 rings (SSSR count). The first-order chi connectivity index (χ1) is 10.1. The minimum Gasteiger partial charge on any atom is -0.330 e. The molecular formula is C16H19F2N3. The Balaban J connectivity index is 1.90. The third kappa shape index (κ3) is 2.83. The van der Waals surface area contributed by atoms with Gasteiger partial charge in [0.05, 0.1) is 12.9 Å². The van der Waals surface area contributed by atoms with Crippen LogP contribution in [0.4, 0.5) is 8.78 Å². The molecule has 0 amide bonds. The predicted molar refractivity (Wildman–Crippen MR) is 77.1 cm³/mol. The Morgan fingerprint density at radius 2 is 2.05 bits per heavy atom. The number of hydrogen-bond donors (Lipinski definition) is 1. The van der Waals surface area contributed by atoms with E-state index in [0.29, 0.717) is 12.1 Å². The highest BCUT2D eigenvalue weighted by Crippen LogP contribution is 2.33. The summed E-state index contributed by atoms with van der Waals surface area (Å²) in [6, 6.07) is 3.57. The minimum absolute atomic E-state index is 0.0333. The Morgan fingerprint density at radius 1 is 1.29 bits per heavy atom. The fourth-order valence-corrected chi connectivity index (χ4v) is 3.03. The first-order valence-electron chi connectivity index (χ1n) is 7.24. The fourth-order valence-electron chi connectivity index (χ4n) is 3.03. The van der Waals surface area contributed by atoms with Gasteiger partial charge in [-0.1, -0.05) is 6.92 Å². The highest BCUT2D eigenvalue weighted by Gasteiger charge is 2.31. The Kier molecular flexibility index (Phi) is 3.76. The zero-order valence-corrected chi connectivity index (χ0v) is 12.1. The molecule has 0 spiro atoms. The van der Waals surface area contributed by atoms with Crippen LogP contribution in [0.3, 0.4) is 0 Å². The maximum atomic E-state index is 13.8. The Hall–Kier alpha value is -1.75. The van der Waals surface area contributed by atoms with Crippen LogP contribution >= 0.6 is 0 Å². The number of piperidine rings is 1. The highest BCUT2D eigenvalue weighted by molar-refractivity contribution is 5.22. The van der Waals surface area contributed by atoms with E-state index in [9.17, 15) is 8.78 Å². The number of aromatic nitrogens is 2. The van der Waals surface area contributed by atoms with Crippen LogP contribution in [0.5, 0.6) is 0 Å². The van der Waals surface area contributed by atoms with Gasteiger partial charge in [-0.05, 0) is 44.1 Å². The molecular weight excluding hydrogens is 272 g/mol. The molecule has 3 nitrogen and oxygen atoms in total. The van der Waals surface area contributed by atoms with Gasteiger partial charge in [0, 0.05) is 22.9 Å². The van der Waals surface area contributed by atoms with Crippen LogP contribution < -0.4 is 5.32 Å². The molecule has 1 aliphatic rings. The van der Waals surface area contributed by atoms with Gasteiger partial charge in [0.1, 0.15) is 11.6 Å². The summed E-state index contributed by atoms with van der Waals surface area (Å²) in [5, 5.41) is 3.35. The van der Waals surface area contributed by atoms with Gasteiger partial charge < -0.3 is 9.88 Å². The smallest absolute Gasteiger partial charge is 0.128 e. The molecule has 0 unspecified atom stereocenters. The summed E-state index contributed by atoms with van der Waals surface area (Å²) >= 11 is 0. The summed E-state index contributed by atoms with van der Waals surface area (Å²) < 4.78 is 29.1. The lowest BCUT2D eigenvalue weighted by Gasteiger charge is -2.34. The zero-order valence-electron chi connectivity index (χ0n) is 12.1. The normalized spacial score (nSPS) is 17.9. The van der Waals surface area contributed by atoms with Crippen LogP contribution in [-0.4, -0.2) is 22.6 Å². The van der Waals surface area contributed by atoms with E-state index in [0.717, 1.165) is 37.7 Å². The van der Waals surface area contributed by atoms with Crippen molar-refractivity contribution in [3.8, 4) is 0 Å². The van der Waals surface area contributed by atoms with E-state index in [1.807, 2.05) is 10.8 Å². The standard InChI is InChI=1S/C16H19F2N3/c1-16(4-6-19-7-5-16)15-9-20-11-21(15)10-12-8-13(17)2-3-14(12)18/h2-3,8-9,11,19H,4-7,10H2,1H3. The lowest BCUT2D eigenvalue weighted by Crippen LogP contribution is -2.39. The molecule has 1 saturated heterocycles. The van der Waals surface area contributed by atoms with Gasteiger partial charge in [-0.3, -0.25) is 0 Å². The third-order valence-corrected chi connectivity index (χ3v) is 4.39. The van der Waals surface area contributed by atoms with Gasteiger partial charge in [-0.25, -0.2) is 13.8 Å². The molecule has 0 radical (unpaired) electrons. The van der Waals surface area contributed by atoms with E-state index in [2.05, 4.69) is 17.2 Å². The van der Waals surface area contributed by atoms with Crippen molar-refractivity contribution in [2.75, 3.05) is 13.1 Å². The van der Waals surface area contributed by atoms with Crippen LogP contribution in [0.1, 0.15) is 31.0 Å². The van der Waals surface area contributed by atoms with Crippen LogP contribution in [-0.2, 0) is 12.0 Å². The average Bonchev–Trinajstić information content (AvgIpc) is 2.93. The third-order valence-electron chi connectivity index (χ3n) is 4.39. The second-order valence-corrected chi connectivity index (χ2v) is 5.95. The maximum Gasteiger partial charge on any atom is 0.128 e. The first-order valence-corrected chi connectivity index (χ1v) is 7.24. The summed E-state index contributed by atoms with van der Waals surface area (Å²) in [7, 11) is 0. The highest BCUT2D eigenvalue weighted by atomic mass is 19.1. The summed E-state index contributed by atoms with van der Waals surface area (Å²) in [6.07, 6.45) is 5.59. The topological polar surface area (TPSA) is 29.9 Å². The number of nitrogens with one attached hydrogen (secondary N) is 1. The van der Waals surface area contributed by atoms with Crippen molar-refractivity contribution >= 4 is 0 Å². The molecule has 112 valence electrons. The van der Waals surface area contributed by atoms with E-state index in [1.165, 1.54) is 12.1 Å². The first kappa shape index (κ1) is 14.2. The lowest BCUT2D eigenvalue weighted by atomic mass is 9.78. The van der Waals surface area contributed by atoms with Crippen molar-refractivity contribution in [1.29, 1.82) is 0 Å². The van der Waals surface area contributed by atoms with E-state index in [1.54, 1.807) is 6.33 Å². The second-order valence-electron chi connectivity index (χ2n) is 5.95. The van der Waals surface area contributed by atoms with Crippen molar-refractivity contribution in [2.24, 2.45) is 0 Å². The van der Waals surface area contributed by atoms with Gasteiger partial charge >= 0.3 is 0 Å². The molecule has 21 heavy (non-hydrogen) atoms. The van der Waals surface area contributed by atoms with Crippen molar-refractivity contribution in [2.45, 2.75) is 31.7 Å². The van der Waals surface area contributed by atoms with E-state index >= 15 is 0 Å². The Labute approximate surface area is 123 Å². The van der Waals surface area contributed by atoms with Gasteiger partial charge in [-0.2, -0.15) is 0 Å². The molecule has 0 bridgehead atoms. The van der Waals surface area contributed by atoms with Gasteiger partial charge in [0.15, 0.2) is 0 Å². The van der Waals surface area contributed by atoms with E-state index < -0.39 is 5.82 Å². The fraction of sp³-hybridized carbons (Fsp3) is 0.438. The van der Waals surface area contributed by atoms with Crippen LogP contribution in [0.25, 0.3) is 0 Å². The molecule has 1 aromatic carbocycles. The van der Waals surface area contributed by atoms with E-state index in [-0.39, 0.29) is 11.2 Å². The molecule has 0 atom stereocenters. The van der Waals surface area contributed by atoms with Crippen LogP contribution in [0.2, 0.25) is 0 Å². The average molecular weight is 291 g/mol. The zero-order chi connectivity index (χ0) is 14.9. The molecule has 1 aliphatic heterocycles. The summed E-state index contributed by atoms with van der Waals surface area (Å²) in [6.45, 7) is 4.46. The summed E-state index contributed by atoms with van der Waals surface area (Å²) in [4.78, 5) is 4.22. The number of halogens is 2. The number of benzene rings is 1. The predicted octanol–water partition coefficient (Wildman–Crippen LogP) is 2.85. The number of hydrogen-bond acceptors (Lipinski definition) is 2. The molecule has 0 aliphatic carbocycles. The van der Waals surface area contributed by atoms with Crippen molar-refractivity contribution in [1.82, 2.24) is 14.9 Å². The maximum absolute atomic E-state index is 13.8. The number of rotatable bonds is 3. The monoisotopic (exact) mass is 291 g/mol. The molecule has 5 heteroatoms. The summed E-state index contributed by atoms with van der Waals surface area (Å²) in [5.41, 5.74) is 1.48. The minimum atomic E-state index is -0.416. The van der Waals surface area contributed by atoms with Gasteiger partial charge in [0.25, 0.3) is 0 Å². The second kappa shape index (κ2) is 5.56. The SMILES string of the molecule is CC1(c2cncn2Cc2cc(F)ccc2F)CCNCC1. The quantitative estimate of drug-likeness (QED) is 0.942. The van der Waals surface area contributed by atoms with E-state index in [4.69, 9.17) is 0 Å². The Morgan fingerprint density at radius 3 is 2.81 bits per heavy atom. The molecule has 2 aromatic rings. The largest absolute Gasteiger partial charge is 0.330 e. The van der Waals surface area contributed by atoms with Crippen molar-refractivity contribution in [3.05, 3.63) is 53.6 Å². The van der Waals surface area contributed by atoms with Gasteiger partial charge in [0.2, 0.25) is 0 Å². The summed E-state index contributed by atoms with van der Waals surface area (Å²) in [5.74, 6) is -0.798. The Bertz CT molecular complexity index is 630. The van der Waals surface area contributed by atoms with Crippen molar-refractivity contribution < 1.29 is 8.78 Å². The van der Waals surface area contributed by atoms with Crippen molar-refractivity contribution in [3.63, 3.8) is 0 Å². The number of imidazole rings is 1. The molecule has 1 N–H and O–H groups in total. The van der Waals surface area contributed by atoms with Crippen LogP contribution in [0, 0.1) is 11.6 Å². The molecule has 1 fully saturated rings. The molecule has 2 heterocycles. The molecule has 0 saturated carbocycles. The van der Waals surface area contributed by atoms with Crippen LogP contribution in [0.15, 0.2) is 30.7 Å².